The quantitative estimate of drug-likeness (QED) is 0.766. The second kappa shape index (κ2) is 4.72. The van der Waals surface area contributed by atoms with Crippen molar-refractivity contribution in [3.8, 4) is 11.4 Å². The molecule has 0 spiro atoms. The predicted octanol–water partition coefficient (Wildman–Crippen LogP) is 3.08. The number of imidazole rings is 1. The number of pyridine rings is 1. The van der Waals surface area contributed by atoms with E-state index in [0.717, 1.165) is 22.4 Å². The molecule has 0 aliphatic carbocycles. The third-order valence-corrected chi connectivity index (χ3v) is 3.76. The molecule has 0 bridgehead atoms. The van der Waals surface area contributed by atoms with Crippen molar-refractivity contribution >= 4 is 11.0 Å². The van der Waals surface area contributed by atoms with Gasteiger partial charge in [-0.1, -0.05) is 6.07 Å². The fourth-order valence-corrected chi connectivity index (χ4v) is 2.18. The fraction of sp³-hybridized carbons (Fsp3) is 0.250. The van der Waals surface area contributed by atoms with Crippen LogP contribution in [0.1, 0.15) is 19.4 Å². The Labute approximate surface area is 118 Å². The number of nitrogens with one attached hydrogen (secondary N) is 2. The summed E-state index contributed by atoms with van der Waals surface area (Å²) in [5.74, 6) is 0.854. The molecule has 2 heterocycles. The van der Waals surface area contributed by atoms with Crippen molar-refractivity contribution in [2.45, 2.75) is 19.4 Å². The van der Waals surface area contributed by atoms with Gasteiger partial charge in [0.15, 0.2) is 0 Å². The monoisotopic (exact) mass is 266 g/mol. The van der Waals surface area contributed by atoms with Crippen molar-refractivity contribution in [2.24, 2.45) is 0 Å². The molecule has 0 fully saturated rings. The highest BCUT2D eigenvalue weighted by Crippen LogP contribution is 2.25. The first-order valence-corrected chi connectivity index (χ1v) is 6.70. The molecule has 0 aliphatic rings. The highest BCUT2D eigenvalue weighted by Gasteiger charge is 2.18. The van der Waals surface area contributed by atoms with Gasteiger partial charge in [-0.3, -0.25) is 4.98 Å². The minimum absolute atomic E-state index is 0.0617. The SMILES string of the molecule is CNC(C)(C)c1ccc2nc(-c3cccnc3)[nH]c2c1. The lowest BCUT2D eigenvalue weighted by molar-refractivity contribution is 0.445. The van der Waals surface area contributed by atoms with Gasteiger partial charge in [0.05, 0.1) is 11.0 Å². The topological polar surface area (TPSA) is 53.6 Å². The highest BCUT2D eigenvalue weighted by atomic mass is 14.9. The summed E-state index contributed by atoms with van der Waals surface area (Å²) in [5.41, 5.74) is 4.18. The average Bonchev–Trinajstić information content (AvgIpc) is 2.91. The number of aromatic nitrogens is 3. The molecule has 4 nitrogen and oxygen atoms in total. The summed E-state index contributed by atoms with van der Waals surface area (Å²) < 4.78 is 0. The summed E-state index contributed by atoms with van der Waals surface area (Å²) in [6.07, 6.45) is 3.58. The zero-order valence-electron chi connectivity index (χ0n) is 11.9. The maximum absolute atomic E-state index is 4.62. The molecule has 3 aromatic rings. The molecule has 102 valence electrons. The Morgan fingerprint density at radius 3 is 2.75 bits per heavy atom. The van der Waals surface area contributed by atoms with Crippen LogP contribution in [-0.4, -0.2) is 22.0 Å². The van der Waals surface area contributed by atoms with E-state index >= 15 is 0 Å². The van der Waals surface area contributed by atoms with E-state index in [0.29, 0.717) is 0 Å². The van der Waals surface area contributed by atoms with Crippen LogP contribution in [0, 0.1) is 0 Å². The molecule has 0 saturated heterocycles. The zero-order valence-corrected chi connectivity index (χ0v) is 11.9. The van der Waals surface area contributed by atoms with Gasteiger partial charge in [-0.2, -0.15) is 0 Å². The van der Waals surface area contributed by atoms with Crippen molar-refractivity contribution in [1.82, 2.24) is 20.3 Å². The summed E-state index contributed by atoms with van der Waals surface area (Å²) in [6, 6.07) is 10.2. The van der Waals surface area contributed by atoms with Crippen LogP contribution in [0.25, 0.3) is 22.4 Å². The normalized spacial score (nSPS) is 11.9. The van der Waals surface area contributed by atoms with Crippen molar-refractivity contribution in [3.05, 3.63) is 48.3 Å². The summed E-state index contributed by atoms with van der Waals surface area (Å²) in [7, 11) is 1.97. The number of aromatic amines is 1. The molecule has 0 radical (unpaired) electrons. The van der Waals surface area contributed by atoms with E-state index in [9.17, 15) is 0 Å². The first kappa shape index (κ1) is 12.8. The van der Waals surface area contributed by atoms with Crippen LogP contribution in [0.4, 0.5) is 0 Å². The van der Waals surface area contributed by atoms with Gasteiger partial charge in [0, 0.05) is 23.5 Å². The van der Waals surface area contributed by atoms with Gasteiger partial charge in [0.25, 0.3) is 0 Å². The van der Waals surface area contributed by atoms with Crippen LogP contribution in [0.2, 0.25) is 0 Å². The second-order valence-electron chi connectivity index (χ2n) is 5.43. The van der Waals surface area contributed by atoms with Crippen LogP contribution in [0.3, 0.4) is 0 Å². The Morgan fingerprint density at radius 2 is 2.05 bits per heavy atom. The summed E-state index contributed by atoms with van der Waals surface area (Å²) in [6.45, 7) is 4.32. The van der Waals surface area contributed by atoms with E-state index in [1.807, 2.05) is 25.4 Å². The van der Waals surface area contributed by atoms with Crippen LogP contribution in [0.15, 0.2) is 42.7 Å². The van der Waals surface area contributed by atoms with E-state index in [1.54, 1.807) is 6.20 Å². The Hall–Kier alpha value is -2.20. The average molecular weight is 266 g/mol. The number of rotatable bonds is 3. The smallest absolute Gasteiger partial charge is 0.140 e. The van der Waals surface area contributed by atoms with E-state index in [4.69, 9.17) is 0 Å². The Balaban J connectivity index is 2.09. The molecule has 0 atom stereocenters. The lowest BCUT2D eigenvalue weighted by atomic mass is 9.94. The zero-order chi connectivity index (χ0) is 14.2. The molecular formula is C16H18N4. The van der Waals surface area contributed by atoms with Gasteiger partial charge in [0.2, 0.25) is 0 Å². The molecule has 0 saturated carbocycles. The molecule has 2 N–H and O–H groups in total. The van der Waals surface area contributed by atoms with Crippen LogP contribution >= 0.6 is 0 Å². The van der Waals surface area contributed by atoms with E-state index in [1.165, 1.54) is 5.56 Å². The minimum Gasteiger partial charge on any atom is -0.338 e. The lowest BCUT2D eigenvalue weighted by Crippen LogP contribution is -2.32. The molecule has 4 heteroatoms. The summed E-state index contributed by atoms with van der Waals surface area (Å²) in [4.78, 5) is 12.1. The molecular weight excluding hydrogens is 248 g/mol. The number of nitrogens with zero attached hydrogens (tertiary/aromatic N) is 2. The maximum Gasteiger partial charge on any atom is 0.140 e. The molecule has 20 heavy (non-hydrogen) atoms. The number of hydrogen-bond acceptors (Lipinski definition) is 3. The van der Waals surface area contributed by atoms with Gasteiger partial charge in [0.1, 0.15) is 5.82 Å². The van der Waals surface area contributed by atoms with Crippen LogP contribution < -0.4 is 5.32 Å². The first-order chi connectivity index (χ1) is 9.60. The molecule has 3 rings (SSSR count). The largest absolute Gasteiger partial charge is 0.338 e. The maximum atomic E-state index is 4.62. The molecule has 1 aromatic carbocycles. The Kier molecular flexibility index (Phi) is 3.03. The van der Waals surface area contributed by atoms with Crippen molar-refractivity contribution < 1.29 is 0 Å². The number of hydrogen-bond donors (Lipinski definition) is 2. The van der Waals surface area contributed by atoms with Gasteiger partial charge >= 0.3 is 0 Å². The number of fused-ring (bicyclic) bond motifs is 1. The van der Waals surface area contributed by atoms with Gasteiger partial charge in [-0.05, 0) is 50.7 Å². The Bertz CT molecular complexity index is 729. The van der Waals surface area contributed by atoms with Crippen molar-refractivity contribution in [2.75, 3.05) is 7.05 Å². The van der Waals surface area contributed by atoms with Crippen molar-refractivity contribution in [3.63, 3.8) is 0 Å². The number of benzene rings is 1. The Morgan fingerprint density at radius 1 is 1.20 bits per heavy atom. The number of H-pyrrole nitrogens is 1. The summed E-state index contributed by atoms with van der Waals surface area (Å²) in [5, 5.41) is 3.32. The molecule has 2 aromatic heterocycles. The molecule has 0 aliphatic heterocycles. The third kappa shape index (κ3) is 2.18. The molecule has 0 unspecified atom stereocenters. The fourth-order valence-electron chi connectivity index (χ4n) is 2.18. The predicted molar refractivity (Wildman–Crippen MR) is 81.4 cm³/mol. The van der Waals surface area contributed by atoms with Gasteiger partial charge < -0.3 is 10.3 Å². The van der Waals surface area contributed by atoms with E-state index in [2.05, 4.69) is 52.3 Å². The lowest BCUT2D eigenvalue weighted by Gasteiger charge is -2.24. The van der Waals surface area contributed by atoms with Gasteiger partial charge in [-0.25, -0.2) is 4.98 Å². The van der Waals surface area contributed by atoms with E-state index < -0.39 is 0 Å². The van der Waals surface area contributed by atoms with Gasteiger partial charge in [-0.15, -0.1) is 0 Å². The highest BCUT2D eigenvalue weighted by molar-refractivity contribution is 5.80. The molecule has 0 amide bonds. The first-order valence-electron chi connectivity index (χ1n) is 6.70. The third-order valence-electron chi connectivity index (χ3n) is 3.76. The van der Waals surface area contributed by atoms with Crippen LogP contribution in [0.5, 0.6) is 0 Å². The van der Waals surface area contributed by atoms with E-state index in [-0.39, 0.29) is 5.54 Å². The van der Waals surface area contributed by atoms with Crippen molar-refractivity contribution in [1.29, 1.82) is 0 Å². The minimum atomic E-state index is -0.0617. The van der Waals surface area contributed by atoms with Crippen LogP contribution in [-0.2, 0) is 5.54 Å². The second-order valence-corrected chi connectivity index (χ2v) is 5.43. The summed E-state index contributed by atoms with van der Waals surface area (Å²) >= 11 is 0. The standard InChI is InChI=1S/C16H18N4/c1-16(2,17-3)12-6-7-13-14(9-12)20-15(19-13)11-5-4-8-18-10-11/h4-10,17H,1-3H3,(H,19,20).